The van der Waals surface area contributed by atoms with Crippen LogP contribution in [0.4, 0.5) is 5.69 Å². The molecule has 1 N–H and O–H groups in total. The van der Waals surface area contributed by atoms with Crippen LogP contribution in [0.5, 0.6) is 0 Å². The number of aryl methyl sites for hydroxylation is 1. The van der Waals surface area contributed by atoms with Crippen LogP contribution in [0.15, 0.2) is 42.5 Å². The molecular formula is C16H17Cl2N. The van der Waals surface area contributed by atoms with Crippen molar-refractivity contribution in [3.8, 4) is 0 Å². The van der Waals surface area contributed by atoms with E-state index in [1.807, 2.05) is 36.4 Å². The summed E-state index contributed by atoms with van der Waals surface area (Å²) in [6, 6.07) is 14.1. The summed E-state index contributed by atoms with van der Waals surface area (Å²) in [4.78, 5) is 0. The van der Waals surface area contributed by atoms with E-state index in [1.54, 1.807) is 0 Å². The van der Waals surface area contributed by atoms with Gasteiger partial charge >= 0.3 is 0 Å². The van der Waals surface area contributed by atoms with Gasteiger partial charge in [-0.25, -0.2) is 0 Å². The second-order valence-corrected chi connectivity index (χ2v) is 5.49. The Morgan fingerprint density at radius 2 is 1.79 bits per heavy atom. The number of benzene rings is 2. The molecule has 0 fully saturated rings. The van der Waals surface area contributed by atoms with E-state index < -0.39 is 0 Å². The van der Waals surface area contributed by atoms with E-state index in [2.05, 4.69) is 25.2 Å². The van der Waals surface area contributed by atoms with Crippen molar-refractivity contribution in [2.24, 2.45) is 0 Å². The molecule has 0 saturated carbocycles. The molecule has 0 amide bonds. The van der Waals surface area contributed by atoms with Crippen LogP contribution in [0, 0.1) is 6.92 Å². The maximum absolute atomic E-state index is 6.06. The van der Waals surface area contributed by atoms with Crippen molar-refractivity contribution in [2.45, 2.75) is 26.3 Å². The Kier molecular flexibility index (Phi) is 4.73. The number of nitrogens with one attached hydrogen (secondary N) is 1. The molecule has 2 rings (SSSR count). The van der Waals surface area contributed by atoms with E-state index in [-0.39, 0.29) is 6.04 Å². The fourth-order valence-corrected chi connectivity index (χ4v) is 2.45. The topological polar surface area (TPSA) is 12.0 Å². The number of hydrogen-bond donors (Lipinski definition) is 1. The van der Waals surface area contributed by atoms with Crippen LogP contribution >= 0.6 is 23.2 Å². The standard InChI is InChI=1S/C16H17Cl2N/c1-3-15(12-5-4-6-13(17)9-12)19-16-10-14(18)8-7-11(16)2/h4-10,15,19H,3H2,1-2H3. The molecule has 0 aliphatic heterocycles. The fraction of sp³-hybridized carbons (Fsp3) is 0.250. The molecule has 19 heavy (non-hydrogen) atoms. The van der Waals surface area contributed by atoms with Gasteiger partial charge in [0.2, 0.25) is 0 Å². The average molecular weight is 294 g/mol. The number of hydrogen-bond acceptors (Lipinski definition) is 1. The first-order chi connectivity index (χ1) is 9.10. The Morgan fingerprint density at radius 3 is 2.47 bits per heavy atom. The van der Waals surface area contributed by atoms with Gasteiger partial charge in [0, 0.05) is 15.7 Å². The van der Waals surface area contributed by atoms with Gasteiger partial charge in [-0.1, -0.05) is 48.3 Å². The Balaban J connectivity index is 2.26. The van der Waals surface area contributed by atoms with Gasteiger partial charge in [-0.3, -0.25) is 0 Å². The van der Waals surface area contributed by atoms with Crippen LogP contribution in [0.2, 0.25) is 10.0 Å². The molecule has 1 nitrogen and oxygen atoms in total. The zero-order valence-electron chi connectivity index (χ0n) is 11.1. The predicted octanol–water partition coefficient (Wildman–Crippen LogP) is 5.87. The normalized spacial score (nSPS) is 12.2. The molecule has 2 aromatic carbocycles. The van der Waals surface area contributed by atoms with Crippen LogP contribution in [-0.4, -0.2) is 0 Å². The second kappa shape index (κ2) is 6.31. The van der Waals surface area contributed by atoms with Crippen molar-refractivity contribution < 1.29 is 0 Å². The number of rotatable bonds is 4. The third kappa shape index (κ3) is 3.65. The van der Waals surface area contributed by atoms with E-state index in [4.69, 9.17) is 23.2 Å². The zero-order chi connectivity index (χ0) is 13.8. The highest BCUT2D eigenvalue weighted by molar-refractivity contribution is 6.31. The zero-order valence-corrected chi connectivity index (χ0v) is 12.6. The van der Waals surface area contributed by atoms with Crippen molar-refractivity contribution in [1.29, 1.82) is 0 Å². The van der Waals surface area contributed by atoms with Crippen LogP contribution in [-0.2, 0) is 0 Å². The summed E-state index contributed by atoms with van der Waals surface area (Å²) in [5.41, 5.74) is 3.44. The lowest BCUT2D eigenvalue weighted by molar-refractivity contribution is 0.748. The Hall–Kier alpha value is -1.18. The first-order valence-electron chi connectivity index (χ1n) is 6.38. The van der Waals surface area contributed by atoms with Crippen LogP contribution in [0.3, 0.4) is 0 Å². The summed E-state index contributed by atoms with van der Waals surface area (Å²) >= 11 is 12.1. The van der Waals surface area contributed by atoms with E-state index in [0.29, 0.717) is 0 Å². The van der Waals surface area contributed by atoms with Gasteiger partial charge in [-0.15, -0.1) is 0 Å². The van der Waals surface area contributed by atoms with Crippen LogP contribution in [0.25, 0.3) is 0 Å². The lowest BCUT2D eigenvalue weighted by Crippen LogP contribution is -2.10. The lowest BCUT2D eigenvalue weighted by Gasteiger charge is -2.20. The molecule has 0 bridgehead atoms. The van der Waals surface area contributed by atoms with E-state index in [1.165, 1.54) is 11.1 Å². The summed E-state index contributed by atoms with van der Waals surface area (Å²) in [6.45, 7) is 4.22. The molecular weight excluding hydrogens is 277 g/mol. The summed E-state index contributed by atoms with van der Waals surface area (Å²) in [6.07, 6.45) is 0.978. The van der Waals surface area contributed by atoms with Crippen LogP contribution in [0.1, 0.15) is 30.5 Å². The summed E-state index contributed by atoms with van der Waals surface area (Å²) in [5.74, 6) is 0. The molecule has 3 heteroatoms. The summed E-state index contributed by atoms with van der Waals surface area (Å²) < 4.78 is 0. The molecule has 0 heterocycles. The molecule has 2 aromatic rings. The second-order valence-electron chi connectivity index (χ2n) is 4.62. The van der Waals surface area contributed by atoms with Gasteiger partial charge in [0.05, 0.1) is 6.04 Å². The average Bonchev–Trinajstić information content (AvgIpc) is 2.39. The molecule has 0 aromatic heterocycles. The maximum Gasteiger partial charge on any atom is 0.0511 e. The minimum absolute atomic E-state index is 0.232. The largest absolute Gasteiger partial charge is 0.378 e. The highest BCUT2D eigenvalue weighted by atomic mass is 35.5. The van der Waals surface area contributed by atoms with Crippen molar-refractivity contribution in [3.63, 3.8) is 0 Å². The van der Waals surface area contributed by atoms with Crippen molar-refractivity contribution >= 4 is 28.9 Å². The van der Waals surface area contributed by atoms with Crippen molar-refractivity contribution in [1.82, 2.24) is 0 Å². The SMILES string of the molecule is CCC(Nc1cc(Cl)ccc1C)c1cccc(Cl)c1. The van der Waals surface area contributed by atoms with E-state index >= 15 is 0 Å². The highest BCUT2D eigenvalue weighted by Gasteiger charge is 2.11. The molecule has 0 aliphatic carbocycles. The third-order valence-electron chi connectivity index (χ3n) is 3.19. The van der Waals surface area contributed by atoms with E-state index in [0.717, 1.165) is 22.2 Å². The minimum atomic E-state index is 0.232. The van der Waals surface area contributed by atoms with Crippen molar-refractivity contribution in [3.05, 3.63) is 63.6 Å². The quantitative estimate of drug-likeness (QED) is 0.744. The van der Waals surface area contributed by atoms with Gasteiger partial charge in [-0.05, 0) is 48.7 Å². The fourth-order valence-electron chi connectivity index (χ4n) is 2.08. The molecule has 0 radical (unpaired) electrons. The smallest absolute Gasteiger partial charge is 0.0511 e. The lowest BCUT2D eigenvalue weighted by atomic mass is 10.0. The van der Waals surface area contributed by atoms with E-state index in [9.17, 15) is 0 Å². The van der Waals surface area contributed by atoms with Gasteiger partial charge in [0.15, 0.2) is 0 Å². The third-order valence-corrected chi connectivity index (χ3v) is 3.66. The summed E-state index contributed by atoms with van der Waals surface area (Å²) in [5, 5.41) is 5.05. The molecule has 100 valence electrons. The number of anilines is 1. The first-order valence-corrected chi connectivity index (χ1v) is 7.14. The predicted molar refractivity (Wildman–Crippen MR) is 84.3 cm³/mol. The number of halogens is 2. The van der Waals surface area contributed by atoms with Gasteiger partial charge in [0.25, 0.3) is 0 Å². The Labute approximate surface area is 124 Å². The first kappa shape index (κ1) is 14.2. The monoisotopic (exact) mass is 293 g/mol. The maximum atomic E-state index is 6.06. The Bertz CT molecular complexity index is 566. The molecule has 1 atom stereocenters. The summed E-state index contributed by atoms with van der Waals surface area (Å²) in [7, 11) is 0. The molecule has 1 unspecified atom stereocenters. The van der Waals surface area contributed by atoms with Crippen LogP contribution < -0.4 is 5.32 Å². The Morgan fingerprint density at radius 1 is 1.05 bits per heavy atom. The highest BCUT2D eigenvalue weighted by Crippen LogP contribution is 2.28. The molecule has 0 spiro atoms. The minimum Gasteiger partial charge on any atom is -0.378 e. The van der Waals surface area contributed by atoms with Gasteiger partial charge < -0.3 is 5.32 Å². The van der Waals surface area contributed by atoms with Gasteiger partial charge in [-0.2, -0.15) is 0 Å². The van der Waals surface area contributed by atoms with Gasteiger partial charge in [0.1, 0.15) is 0 Å². The molecule has 0 saturated heterocycles. The molecule has 0 aliphatic rings. The van der Waals surface area contributed by atoms with Crippen molar-refractivity contribution in [2.75, 3.05) is 5.32 Å².